The van der Waals surface area contributed by atoms with Crippen LogP contribution in [-0.2, 0) is 16.6 Å². The van der Waals surface area contributed by atoms with Gasteiger partial charge >= 0.3 is 0 Å². The quantitative estimate of drug-likeness (QED) is 0.719. The smallest absolute Gasteiger partial charge is 0.245 e. The van der Waals surface area contributed by atoms with Crippen LogP contribution in [0.1, 0.15) is 0 Å². The van der Waals surface area contributed by atoms with Gasteiger partial charge in [-0.3, -0.25) is 9.48 Å². The lowest BCUT2D eigenvalue weighted by Crippen LogP contribution is -2.31. The minimum absolute atomic E-state index is 0.125. The number of H-pyrrole nitrogens is 1. The molecule has 9 heteroatoms. The molecule has 8 nitrogen and oxygen atoms in total. The summed E-state index contributed by atoms with van der Waals surface area (Å²) in [5, 5.41) is 7.28. The number of aromatic amines is 1. The van der Waals surface area contributed by atoms with E-state index in [-0.39, 0.29) is 11.4 Å². The molecule has 2 rings (SSSR count). The summed E-state index contributed by atoms with van der Waals surface area (Å²) in [7, 11) is -3.80. The van der Waals surface area contributed by atoms with Gasteiger partial charge in [-0.2, -0.15) is 0 Å². The summed E-state index contributed by atoms with van der Waals surface area (Å²) in [5.41, 5.74) is -0.554. The minimum atomic E-state index is -3.80. The second-order valence-corrected chi connectivity index (χ2v) is 5.17. The second kappa shape index (κ2) is 5.10. The van der Waals surface area contributed by atoms with E-state index in [1.807, 2.05) is 0 Å². The van der Waals surface area contributed by atoms with Gasteiger partial charge in [0.15, 0.2) is 0 Å². The predicted molar refractivity (Wildman–Crippen MR) is 62.3 cm³/mol. The van der Waals surface area contributed by atoms with Crippen molar-refractivity contribution >= 4 is 10.0 Å². The number of hydrogen-bond acceptors (Lipinski definition) is 5. The van der Waals surface area contributed by atoms with Crippen LogP contribution in [0, 0.1) is 0 Å². The molecule has 18 heavy (non-hydrogen) atoms. The molecular formula is C9H11N5O3S. The molecule has 96 valence electrons. The maximum Gasteiger partial charge on any atom is 0.245 e. The molecule has 2 N–H and O–H groups in total. The van der Waals surface area contributed by atoms with Gasteiger partial charge in [-0.25, -0.2) is 13.1 Å². The van der Waals surface area contributed by atoms with E-state index in [1.54, 1.807) is 6.20 Å². The molecule has 0 radical (unpaired) electrons. The van der Waals surface area contributed by atoms with E-state index in [9.17, 15) is 13.2 Å². The summed E-state index contributed by atoms with van der Waals surface area (Å²) >= 11 is 0. The zero-order chi connectivity index (χ0) is 13.0. The largest absolute Gasteiger partial charge is 0.366 e. The van der Waals surface area contributed by atoms with Crippen LogP contribution in [0.15, 0.2) is 40.5 Å². The maximum atomic E-state index is 11.8. The molecule has 0 unspecified atom stereocenters. The molecule has 0 aromatic carbocycles. The highest BCUT2D eigenvalue weighted by atomic mass is 32.2. The lowest BCUT2D eigenvalue weighted by molar-refractivity contribution is 0.552. The second-order valence-electron chi connectivity index (χ2n) is 3.44. The van der Waals surface area contributed by atoms with E-state index in [1.165, 1.54) is 17.1 Å². The van der Waals surface area contributed by atoms with Crippen molar-refractivity contribution in [3.8, 4) is 0 Å². The van der Waals surface area contributed by atoms with Crippen molar-refractivity contribution in [2.75, 3.05) is 6.54 Å². The number of rotatable bonds is 5. The van der Waals surface area contributed by atoms with Crippen molar-refractivity contribution in [1.82, 2.24) is 24.7 Å². The number of nitrogens with one attached hydrogen (secondary N) is 2. The fraction of sp³-hybridized carbons (Fsp3) is 0.222. The van der Waals surface area contributed by atoms with Gasteiger partial charge in [0.2, 0.25) is 15.5 Å². The molecule has 2 heterocycles. The SMILES string of the molecule is O=c1cc[nH]cc1S(=O)(=O)NCCn1ccnn1. The molecule has 2 aromatic rings. The highest BCUT2D eigenvalue weighted by molar-refractivity contribution is 7.89. The van der Waals surface area contributed by atoms with Crippen molar-refractivity contribution < 1.29 is 8.42 Å². The Hall–Kier alpha value is -2.00. The van der Waals surface area contributed by atoms with Gasteiger partial charge in [-0.05, 0) is 0 Å². The Balaban J connectivity index is 2.04. The molecule has 0 saturated carbocycles. The fourth-order valence-corrected chi connectivity index (χ4v) is 2.41. The molecule has 0 bridgehead atoms. The Morgan fingerprint density at radius 2 is 2.28 bits per heavy atom. The maximum absolute atomic E-state index is 11.8. The molecule has 0 atom stereocenters. The van der Waals surface area contributed by atoms with Gasteiger partial charge < -0.3 is 4.98 Å². The minimum Gasteiger partial charge on any atom is -0.366 e. The zero-order valence-electron chi connectivity index (χ0n) is 9.28. The Kier molecular flexibility index (Phi) is 3.53. The van der Waals surface area contributed by atoms with Crippen molar-refractivity contribution in [2.24, 2.45) is 0 Å². The summed E-state index contributed by atoms with van der Waals surface area (Å²) < 4.78 is 27.4. The molecule has 0 fully saturated rings. The first kappa shape index (κ1) is 12.5. The summed E-state index contributed by atoms with van der Waals surface area (Å²) in [4.78, 5) is 13.7. The van der Waals surface area contributed by atoms with E-state index in [2.05, 4.69) is 20.0 Å². The zero-order valence-corrected chi connectivity index (χ0v) is 10.1. The first-order valence-corrected chi connectivity index (χ1v) is 6.59. The van der Waals surface area contributed by atoms with Crippen LogP contribution < -0.4 is 10.2 Å². The lowest BCUT2D eigenvalue weighted by Gasteiger charge is -2.05. The lowest BCUT2D eigenvalue weighted by atomic mass is 10.5. The summed E-state index contributed by atoms with van der Waals surface area (Å²) in [6.07, 6.45) is 5.64. The number of sulfonamides is 1. The molecule has 0 spiro atoms. The Morgan fingerprint density at radius 1 is 1.44 bits per heavy atom. The van der Waals surface area contributed by atoms with Crippen LogP contribution in [0.4, 0.5) is 0 Å². The average molecular weight is 269 g/mol. The van der Waals surface area contributed by atoms with Crippen LogP contribution in [0.25, 0.3) is 0 Å². The standard InChI is InChI=1S/C9H11N5O3S/c15-8-1-2-10-7-9(8)18(16,17)12-4-6-14-5-3-11-13-14/h1-3,5,7,12H,4,6H2,(H,10,15). The number of nitrogens with zero attached hydrogens (tertiary/aromatic N) is 3. The third-order valence-corrected chi connectivity index (χ3v) is 3.66. The number of pyridine rings is 1. The predicted octanol–water partition coefficient (Wildman–Crippen LogP) is -1.06. The summed E-state index contributed by atoms with van der Waals surface area (Å²) in [6.45, 7) is 0.462. The van der Waals surface area contributed by atoms with Gasteiger partial charge in [0.1, 0.15) is 4.90 Å². The number of hydrogen-bond donors (Lipinski definition) is 2. The van der Waals surface area contributed by atoms with Gasteiger partial charge in [0, 0.05) is 31.2 Å². The Labute approximate surface area is 103 Å². The van der Waals surface area contributed by atoms with Crippen LogP contribution in [0.5, 0.6) is 0 Å². The van der Waals surface area contributed by atoms with Crippen molar-refractivity contribution in [1.29, 1.82) is 0 Å². The average Bonchev–Trinajstić information content (AvgIpc) is 2.82. The van der Waals surface area contributed by atoms with Crippen LogP contribution in [-0.4, -0.2) is 34.9 Å². The van der Waals surface area contributed by atoms with Gasteiger partial charge in [-0.1, -0.05) is 5.21 Å². The topological polar surface area (TPSA) is 110 Å². The first-order chi connectivity index (χ1) is 8.59. The van der Waals surface area contributed by atoms with E-state index in [0.717, 1.165) is 12.3 Å². The van der Waals surface area contributed by atoms with Crippen LogP contribution >= 0.6 is 0 Å². The van der Waals surface area contributed by atoms with Crippen LogP contribution in [0.3, 0.4) is 0 Å². The first-order valence-electron chi connectivity index (χ1n) is 5.10. The summed E-state index contributed by atoms with van der Waals surface area (Å²) in [6, 6.07) is 1.16. The van der Waals surface area contributed by atoms with Gasteiger partial charge in [0.25, 0.3) is 0 Å². The monoisotopic (exact) mass is 269 g/mol. The van der Waals surface area contributed by atoms with Crippen molar-refractivity contribution in [3.63, 3.8) is 0 Å². The molecule has 2 aromatic heterocycles. The van der Waals surface area contributed by atoms with E-state index < -0.39 is 15.5 Å². The van der Waals surface area contributed by atoms with E-state index >= 15 is 0 Å². The van der Waals surface area contributed by atoms with E-state index in [4.69, 9.17) is 0 Å². The van der Waals surface area contributed by atoms with Crippen molar-refractivity contribution in [3.05, 3.63) is 41.1 Å². The Bertz CT molecular complexity index is 662. The summed E-state index contributed by atoms with van der Waals surface area (Å²) in [5.74, 6) is 0. The molecule has 0 aliphatic carbocycles. The normalized spacial score (nSPS) is 11.6. The number of aromatic nitrogens is 4. The Morgan fingerprint density at radius 3 is 2.94 bits per heavy atom. The van der Waals surface area contributed by atoms with E-state index in [0.29, 0.717) is 6.54 Å². The van der Waals surface area contributed by atoms with Gasteiger partial charge in [0.05, 0.1) is 12.7 Å². The molecule has 0 amide bonds. The van der Waals surface area contributed by atoms with Crippen LogP contribution in [0.2, 0.25) is 0 Å². The highest BCUT2D eigenvalue weighted by Gasteiger charge is 2.16. The fourth-order valence-electron chi connectivity index (χ4n) is 1.34. The molecular weight excluding hydrogens is 258 g/mol. The molecule has 0 aliphatic rings. The molecule has 0 aliphatic heterocycles. The molecule has 0 saturated heterocycles. The third-order valence-electron chi connectivity index (χ3n) is 2.18. The highest BCUT2D eigenvalue weighted by Crippen LogP contribution is 1.99. The third kappa shape index (κ3) is 2.81. The van der Waals surface area contributed by atoms with Crippen molar-refractivity contribution in [2.45, 2.75) is 11.4 Å². The van der Waals surface area contributed by atoms with Gasteiger partial charge in [-0.15, -0.1) is 5.10 Å².